The fourth-order valence-electron chi connectivity index (χ4n) is 4.66. The molecule has 2 aromatic carbocycles. The Balaban J connectivity index is 1.44. The molecule has 1 fully saturated rings. The van der Waals surface area contributed by atoms with E-state index in [0.717, 1.165) is 12.1 Å². The van der Waals surface area contributed by atoms with Gasteiger partial charge in [-0.05, 0) is 68.1 Å². The second kappa shape index (κ2) is 9.49. The van der Waals surface area contributed by atoms with Crippen molar-refractivity contribution in [2.24, 2.45) is 9.98 Å². The van der Waals surface area contributed by atoms with Gasteiger partial charge in [-0.3, -0.25) is 19.6 Å². The molecule has 1 unspecified atom stereocenters. The quantitative estimate of drug-likeness (QED) is 0.298. The molecule has 3 aromatic rings. The van der Waals surface area contributed by atoms with E-state index < -0.39 is 29.7 Å². The minimum atomic E-state index is -4.46. The zero-order valence-electron chi connectivity index (χ0n) is 20.8. The number of carbonyl (C=O) groups is 3. The van der Waals surface area contributed by atoms with Crippen LogP contribution in [0.15, 0.2) is 52.6 Å². The van der Waals surface area contributed by atoms with Gasteiger partial charge in [0.1, 0.15) is 11.7 Å². The number of nitrogens with one attached hydrogen (secondary N) is 2. The van der Waals surface area contributed by atoms with Crippen LogP contribution in [0, 0.1) is 13.8 Å². The lowest BCUT2D eigenvalue weighted by molar-refractivity contribution is -0.137. The van der Waals surface area contributed by atoms with Gasteiger partial charge in [-0.1, -0.05) is 0 Å². The van der Waals surface area contributed by atoms with E-state index in [9.17, 15) is 27.6 Å². The van der Waals surface area contributed by atoms with Crippen LogP contribution in [0.1, 0.15) is 44.3 Å². The standard InChI is InChI=1S/C26H22F3N7O3/c1-13-11-16(26(27,28)29)5-6-18(13)32-22(30-3)15-4-7-19(14(2)10-15)35-8-9-36-21(24(35)38)17(12-31-36)20-23(37)34-25(39)33-20/h4-7,10-12,20H,3,8-9H2,1-2H3,(H2,33,34,37,39). The Morgan fingerprint density at radius 3 is 2.46 bits per heavy atom. The summed E-state index contributed by atoms with van der Waals surface area (Å²) in [7, 11) is 0. The Hall–Kier alpha value is -4.81. The van der Waals surface area contributed by atoms with Gasteiger partial charge in [0.25, 0.3) is 11.8 Å². The van der Waals surface area contributed by atoms with Gasteiger partial charge in [0.05, 0.1) is 24.0 Å². The molecule has 0 radical (unpaired) electrons. The van der Waals surface area contributed by atoms with Gasteiger partial charge in [-0.15, -0.1) is 0 Å². The maximum absolute atomic E-state index is 13.5. The first-order valence-corrected chi connectivity index (χ1v) is 11.8. The molecule has 4 amide bonds. The zero-order valence-corrected chi connectivity index (χ0v) is 20.8. The van der Waals surface area contributed by atoms with E-state index in [1.54, 1.807) is 30.0 Å². The van der Waals surface area contributed by atoms with Crippen LogP contribution in [0.25, 0.3) is 0 Å². The molecule has 13 heteroatoms. The summed E-state index contributed by atoms with van der Waals surface area (Å²) in [5.74, 6) is -0.733. The van der Waals surface area contributed by atoms with Gasteiger partial charge in [0.15, 0.2) is 5.84 Å². The van der Waals surface area contributed by atoms with Crippen LogP contribution in [0.4, 0.5) is 29.3 Å². The van der Waals surface area contributed by atoms with E-state index >= 15 is 0 Å². The van der Waals surface area contributed by atoms with Crippen molar-refractivity contribution in [2.45, 2.75) is 32.6 Å². The normalized spacial score (nSPS) is 17.7. The first-order valence-electron chi connectivity index (χ1n) is 11.8. The van der Waals surface area contributed by atoms with E-state index in [4.69, 9.17) is 0 Å². The van der Waals surface area contributed by atoms with E-state index in [1.807, 2.05) is 0 Å². The smallest absolute Gasteiger partial charge is 0.322 e. The van der Waals surface area contributed by atoms with Gasteiger partial charge >= 0.3 is 12.2 Å². The number of hydrogen-bond acceptors (Lipinski definition) is 5. The Kier molecular flexibility index (Phi) is 6.29. The number of amidine groups is 1. The topological polar surface area (TPSA) is 121 Å². The molecule has 0 spiro atoms. The third-order valence-electron chi connectivity index (χ3n) is 6.58. The Bertz CT molecular complexity index is 1580. The number of alkyl halides is 3. The van der Waals surface area contributed by atoms with Crippen LogP contribution in [0.3, 0.4) is 0 Å². The van der Waals surface area contributed by atoms with Gasteiger partial charge in [-0.25, -0.2) is 14.8 Å². The third kappa shape index (κ3) is 4.67. The molecular formula is C26H22F3N7O3. The van der Waals surface area contributed by atoms with Crippen molar-refractivity contribution >= 4 is 41.8 Å². The molecule has 5 rings (SSSR count). The lowest BCUT2D eigenvalue weighted by atomic mass is 10.0. The lowest BCUT2D eigenvalue weighted by Gasteiger charge is -2.30. The summed E-state index contributed by atoms with van der Waals surface area (Å²) in [5, 5.41) is 8.87. The van der Waals surface area contributed by atoms with Crippen molar-refractivity contribution in [3.8, 4) is 0 Å². The third-order valence-corrected chi connectivity index (χ3v) is 6.58. The summed E-state index contributed by atoms with van der Waals surface area (Å²) in [4.78, 5) is 47.3. The number of rotatable bonds is 4. The number of halogens is 3. The molecular weight excluding hydrogens is 515 g/mol. The highest BCUT2D eigenvalue weighted by Crippen LogP contribution is 2.33. The number of imide groups is 1. The number of aromatic nitrogens is 2. The molecule has 10 nitrogen and oxygen atoms in total. The fraction of sp³-hybridized carbons (Fsp3) is 0.231. The number of benzene rings is 2. The Labute approximate surface area is 220 Å². The monoisotopic (exact) mass is 537 g/mol. The maximum Gasteiger partial charge on any atom is 0.416 e. The number of urea groups is 1. The van der Waals surface area contributed by atoms with Crippen molar-refractivity contribution in [3.63, 3.8) is 0 Å². The summed E-state index contributed by atoms with van der Waals surface area (Å²) >= 11 is 0. The van der Waals surface area contributed by atoms with Gasteiger partial charge < -0.3 is 10.2 Å². The molecule has 1 atom stereocenters. The number of amides is 4. The molecule has 0 aliphatic carbocycles. The second-order valence-electron chi connectivity index (χ2n) is 9.12. The van der Waals surface area contributed by atoms with E-state index in [2.05, 4.69) is 32.4 Å². The first-order chi connectivity index (χ1) is 18.5. The number of hydrogen-bond donors (Lipinski definition) is 2. The summed E-state index contributed by atoms with van der Waals surface area (Å²) in [5.41, 5.74) is 2.28. The summed E-state index contributed by atoms with van der Waals surface area (Å²) in [6, 6.07) is 6.78. The predicted octanol–water partition coefficient (Wildman–Crippen LogP) is 3.84. The van der Waals surface area contributed by atoms with Crippen LogP contribution < -0.4 is 15.5 Å². The average molecular weight is 538 g/mol. The number of nitrogens with zero attached hydrogens (tertiary/aromatic N) is 5. The van der Waals surface area contributed by atoms with Crippen LogP contribution in [-0.2, 0) is 17.5 Å². The first kappa shape index (κ1) is 25.8. The van der Waals surface area contributed by atoms with Crippen LogP contribution in [0.2, 0.25) is 0 Å². The molecule has 0 bridgehead atoms. The number of aryl methyl sites for hydroxylation is 2. The van der Waals surface area contributed by atoms with E-state index in [0.29, 0.717) is 46.7 Å². The molecule has 3 heterocycles. The summed E-state index contributed by atoms with van der Waals surface area (Å²) in [6.07, 6.45) is -3.05. The van der Waals surface area contributed by atoms with Crippen molar-refractivity contribution in [2.75, 3.05) is 11.4 Å². The average Bonchev–Trinajstić information content (AvgIpc) is 3.45. The second-order valence-corrected chi connectivity index (χ2v) is 9.12. The van der Waals surface area contributed by atoms with Gasteiger partial charge in [-0.2, -0.15) is 18.3 Å². The van der Waals surface area contributed by atoms with E-state index in [-0.39, 0.29) is 17.4 Å². The molecule has 0 saturated carbocycles. The molecule has 2 aliphatic rings. The highest BCUT2D eigenvalue weighted by atomic mass is 19.4. The maximum atomic E-state index is 13.5. The number of aliphatic imine (C=N–C) groups is 2. The summed E-state index contributed by atoms with van der Waals surface area (Å²) < 4.78 is 40.6. The van der Waals surface area contributed by atoms with Crippen molar-refractivity contribution < 1.29 is 27.6 Å². The molecule has 39 heavy (non-hydrogen) atoms. The lowest BCUT2D eigenvalue weighted by Crippen LogP contribution is -2.42. The fourth-order valence-corrected chi connectivity index (χ4v) is 4.66. The zero-order chi connectivity index (χ0) is 28.1. The molecule has 1 aromatic heterocycles. The molecule has 200 valence electrons. The number of fused-ring (bicyclic) bond motifs is 1. The predicted molar refractivity (Wildman–Crippen MR) is 136 cm³/mol. The van der Waals surface area contributed by atoms with Crippen LogP contribution in [0.5, 0.6) is 0 Å². The van der Waals surface area contributed by atoms with Crippen LogP contribution >= 0.6 is 0 Å². The SMILES string of the molecule is C=NC(=Nc1ccc(C(F)(F)F)cc1C)c1ccc(N2CCn3ncc(C4NC(=O)NC4=O)c3C2=O)c(C)c1. The molecule has 1 saturated heterocycles. The van der Waals surface area contributed by atoms with Crippen molar-refractivity contribution in [3.05, 3.63) is 76.1 Å². The Morgan fingerprint density at radius 1 is 1.08 bits per heavy atom. The number of anilines is 1. The van der Waals surface area contributed by atoms with Crippen LogP contribution in [-0.4, -0.2) is 46.7 Å². The molecule has 2 aliphatic heterocycles. The highest BCUT2D eigenvalue weighted by molar-refractivity contribution is 6.10. The minimum Gasteiger partial charge on any atom is -0.322 e. The Morgan fingerprint density at radius 2 is 1.85 bits per heavy atom. The highest BCUT2D eigenvalue weighted by Gasteiger charge is 2.39. The van der Waals surface area contributed by atoms with Crippen molar-refractivity contribution in [1.29, 1.82) is 0 Å². The van der Waals surface area contributed by atoms with E-state index in [1.165, 1.54) is 23.9 Å². The largest absolute Gasteiger partial charge is 0.416 e. The number of carbonyl (C=O) groups excluding carboxylic acids is 3. The van der Waals surface area contributed by atoms with Gasteiger partial charge in [0, 0.05) is 23.4 Å². The van der Waals surface area contributed by atoms with Gasteiger partial charge in [0.2, 0.25) is 0 Å². The molecule has 2 N–H and O–H groups in total. The van der Waals surface area contributed by atoms with Crippen molar-refractivity contribution in [1.82, 2.24) is 20.4 Å². The summed E-state index contributed by atoms with van der Waals surface area (Å²) in [6.45, 7) is 7.58. The minimum absolute atomic E-state index is 0.208.